The maximum atomic E-state index is 11.8. The largest absolute Gasteiger partial charge is 0.434 e. The molecule has 100 valence electrons. The molecule has 0 heterocycles. The van der Waals surface area contributed by atoms with Gasteiger partial charge in [0.25, 0.3) is 0 Å². The van der Waals surface area contributed by atoms with Gasteiger partial charge in [-0.2, -0.15) is 0 Å². The molecule has 0 atom stereocenters. The molecule has 0 aromatic heterocycles. The van der Waals surface area contributed by atoms with Gasteiger partial charge in [0.2, 0.25) is 10.0 Å². The van der Waals surface area contributed by atoms with Gasteiger partial charge in [-0.05, 0) is 23.5 Å². The van der Waals surface area contributed by atoms with Crippen molar-refractivity contribution in [3.8, 4) is 0 Å². The van der Waals surface area contributed by atoms with Gasteiger partial charge in [-0.15, -0.1) is 0 Å². The molecule has 0 saturated carbocycles. The molecule has 0 fully saturated rings. The maximum absolute atomic E-state index is 11.8. The Hall–Kier alpha value is -1.60. The number of hydrogen-bond acceptors (Lipinski definition) is 4. The number of hydroxylamine groups is 1. The summed E-state index contributed by atoms with van der Waals surface area (Å²) in [6.07, 6.45) is 0.218. The zero-order valence-electron chi connectivity index (χ0n) is 10.5. The van der Waals surface area contributed by atoms with Crippen molar-refractivity contribution in [2.45, 2.75) is 6.92 Å². The first kappa shape index (κ1) is 14.5. The zero-order valence-corrected chi connectivity index (χ0v) is 11.3. The number of rotatable bonds is 4. The highest BCUT2D eigenvalue weighted by Crippen LogP contribution is 2.14. The lowest BCUT2D eigenvalue weighted by atomic mass is 10.3. The Morgan fingerprint density at radius 3 is 2.28 bits per heavy atom. The molecular weight excluding hydrogens is 256 g/mol. The van der Waals surface area contributed by atoms with E-state index in [0.717, 1.165) is 6.26 Å². The number of carbonyl (C=O) groups excluding carboxylic acids is 1. The summed E-state index contributed by atoms with van der Waals surface area (Å²) < 4.78 is 22.8. The lowest BCUT2D eigenvalue weighted by molar-refractivity contribution is 0.00471. The van der Waals surface area contributed by atoms with Crippen molar-refractivity contribution in [1.29, 1.82) is 0 Å². The van der Waals surface area contributed by atoms with Gasteiger partial charge in [-0.3, -0.25) is 4.90 Å². The van der Waals surface area contributed by atoms with Gasteiger partial charge < -0.3 is 4.84 Å². The van der Waals surface area contributed by atoms with E-state index in [1.807, 2.05) is 6.07 Å². The van der Waals surface area contributed by atoms with Gasteiger partial charge in [-0.25, -0.2) is 13.2 Å². The number of amides is 1. The third-order valence-electron chi connectivity index (χ3n) is 2.28. The first-order valence-corrected chi connectivity index (χ1v) is 7.19. The van der Waals surface area contributed by atoms with Gasteiger partial charge >= 0.3 is 6.09 Å². The summed E-state index contributed by atoms with van der Waals surface area (Å²) in [4.78, 5) is 17.9. The van der Waals surface area contributed by atoms with E-state index in [4.69, 9.17) is 4.84 Å². The number of hydrogen-bond donors (Lipinski definition) is 0. The van der Waals surface area contributed by atoms with Crippen LogP contribution in [-0.2, 0) is 14.9 Å². The van der Waals surface area contributed by atoms with Gasteiger partial charge in [0, 0.05) is 19.3 Å². The van der Waals surface area contributed by atoms with Crippen LogP contribution in [0.1, 0.15) is 6.92 Å². The fourth-order valence-corrected chi connectivity index (χ4v) is 1.45. The quantitative estimate of drug-likeness (QED) is 0.778. The summed E-state index contributed by atoms with van der Waals surface area (Å²) in [5.74, 6) is 0. The second kappa shape index (κ2) is 5.83. The molecule has 6 nitrogen and oxygen atoms in total. The molecule has 0 radical (unpaired) electrons. The first-order valence-electron chi connectivity index (χ1n) is 5.34. The molecule has 0 saturated heterocycles. The van der Waals surface area contributed by atoms with Gasteiger partial charge in [-0.1, -0.05) is 18.2 Å². The Labute approximate surface area is 107 Å². The summed E-state index contributed by atoms with van der Waals surface area (Å²) in [5.41, 5.74) is 0.645. The molecule has 0 N–H and O–H groups in total. The van der Waals surface area contributed by atoms with Crippen LogP contribution in [0, 0.1) is 0 Å². The van der Waals surface area contributed by atoms with E-state index >= 15 is 0 Å². The molecule has 0 unspecified atom stereocenters. The van der Waals surface area contributed by atoms with Crippen molar-refractivity contribution < 1.29 is 18.0 Å². The van der Waals surface area contributed by atoms with Crippen molar-refractivity contribution in [1.82, 2.24) is 4.47 Å². The molecule has 18 heavy (non-hydrogen) atoms. The third kappa shape index (κ3) is 3.71. The Kier molecular flexibility index (Phi) is 4.69. The summed E-state index contributed by atoms with van der Waals surface area (Å²) in [6.45, 7) is 2.15. The third-order valence-corrected chi connectivity index (χ3v) is 3.29. The van der Waals surface area contributed by atoms with Crippen LogP contribution in [0.15, 0.2) is 30.3 Å². The van der Waals surface area contributed by atoms with Gasteiger partial charge in [0.05, 0.1) is 6.26 Å². The number of benzene rings is 1. The van der Waals surface area contributed by atoms with Crippen LogP contribution in [0.4, 0.5) is 10.5 Å². The topological polar surface area (TPSA) is 66.9 Å². The minimum atomic E-state index is -3.56. The van der Waals surface area contributed by atoms with Crippen LogP contribution in [0.25, 0.3) is 0 Å². The van der Waals surface area contributed by atoms with Crippen LogP contribution in [-0.4, -0.2) is 38.8 Å². The SMILES string of the molecule is CCN(C(=O)ON(C)S(C)(=O)=O)c1ccccc1. The van der Waals surface area contributed by atoms with Gasteiger partial charge in [0.15, 0.2) is 0 Å². The van der Waals surface area contributed by atoms with E-state index in [-0.39, 0.29) is 0 Å². The van der Waals surface area contributed by atoms with Crippen molar-refractivity contribution in [2.24, 2.45) is 0 Å². The fourth-order valence-electron chi connectivity index (χ4n) is 1.25. The minimum absolute atomic E-state index is 0.375. The highest BCUT2D eigenvalue weighted by molar-refractivity contribution is 7.88. The van der Waals surface area contributed by atoms with Crippen molar-refractivity contribution >= 4 is 21.8 Å². The molecule has 1 amide bonds. The normalized spacial score (nSPS) is 11.3. The number of carbonyl (C=O) groups is 1. The molecule has 0 bridgehead atoms. The minimum Gasteiger partial charge on any atom is -0.336 e. The summed E-state index contributed by atoms with van der Waals surface area (Å²) in [6, 6.07) is 8.87. The maximum Gasteiger partial charge on any atom is 0.434 e. The Morgan fingerprint density at radius 1 is 1.28 bits per heavy atom. The monoisotopic (exact) mass is 272 g/mol. The molecule has 1 aromatic rings. The highest BCUT2D eigenvalue weighted by Gasteiger charge is 2.21. The smallest absolute Gasteiger partial charge is 0.336 e. The molecule has 0 spiro atoms. The standard InChI is InChI=1S/C11H16N2O4S/c1-4-13(10-8-6-5-7-9-10)11(14)17-12(2)18(3,15)16/h5-9H,4H2,1-3H3. The van der Waals surface area contributed by atoms with Crippen LogP contribution >= 0.6 is 0 Å². The van der Waals surface area contributed by atoms with Crippen LogP contribution in [0.5, 0.6) is 0 Å². The predicted octanol–water partition coefficient (Wildman–Crippen LogP) is 1.46. The average Bonchev–Trinajstić information content (AvgIpc) is 2.30. The molecule has 0 aliphatic rings. The van der Waals surface area contributed by atoms with Crippen LogP contribution < -0.4 is 4.90 Å². The van der Waals surface area contributed by atoms with E-state index in [9.17, 15) is 13.2 Å². The van der Waals surface area contributed by atoms with Gasteiger partial charge in [0.1, 0.15) is 0 Å². The molecule has 1 aromatic carbocycles. The summed E-state index contributed by atoms with van der Waals surface area (Å²) in [7, 11) is -2.39. The number of nitrogens with zero attached hydrogens (tertiary/aromatic N) is 2. The fraction of sp³-hybridized carbons (Fsp3) is 0.364. The van der Waals surface area contributed by atoms with Crippen molar-refractivity contribution in [2.75, 3.05) is 24.7 Å². The zero-order chi connectivity index (χ0) is 13.8. The number of para-hydroxylation sites is 1. The van der Waals surface area contributed by atoms with Crippen molar-refractivity contribution in [3.05, 3.63) is 30.3 Å². The number of anilines is 1. The molecular formula is C11H16N2O4S. The van der Waals surface area contributed by atoms with Crippen LogP contribution in [0.3, 0.4) is 0 Å². The van der Waals surface area contributed by atoms with Crippen LogP contribution in [0.2, 0.25) is 0 Å². The lowest BCUT2D eigenvalue weighted by Gasteiger charge is -2.22. The molecule has 1 rings (SSSR count). The predicted molar refractivity (Wildman–Crippen MR) is 68.5 cm³/mol. The van der Waals surface area contributed by atoms with E-state index in [2.05, 4.69) is 0 Å². The molecule has 0 aliphatic heterocycles. The second-order valence-corrected chi connectivity index (χ2v) is 5.59. The highest BCUT2D eigenvalue weighted by atomic mass is 32.2. The Balaban J connectivity index is 2.82. The van der Waals surface area contributed by atoms with E-state index in [1.54, 1.807) is 31.2 Å². The average molecular weight is 272 g/mol. The Morgan fingerprint density at radius 2 is 1.83 bits per heavy atom. The van der Waals surface area contributed by atoms with Crippen molar-refractivity contribution in [3.63, 3.8) is 0 Å². The van der Waals surface area contributed by atoms with E-state index < -0.39 is 16.1 Å². The molecule has 7 heteroatoms. The lowest BCUT2D eigenvalue weighted by Crippen LogP contribution is -2.38. The number of sulfonamides is 1. The molecule has 0 aliphatic carbocycles. The summed E-state index contributed by atoms with van der Waals surface area (Å²) >= 11 is 0. The second-order valence-electron chi connectivity index (χ2n) is 3.61. The van der Waals surface area contributed by atoms with E-state index in [0.29, 0.717) is 16.7 Å². The Bertz CT molecular complexity index is 501. The first-order chi connectivity index (χ1) is 8.36. The van der Waals surface area contributed by atoms with E-state index in [1.165, 1.54) is 11.9 Å². The summed E-state index contributed by atoms with van der Waals surface area (Å²) in [5, 5.41) is 0.